The van der Waals surface area contributed by atoms with E-state index in [4.69, 9.17) is 23.7 Å². The van der Waals surface area contributed by atoms with Crippen LogP contribution in [0.1, 0.15) is 50.7 Å². The molecule has 210 valence electrons. The summed E-state index contributed by atoms with van der Waals surface area (Å²) in [6.07, 6.45) is 1.49. The number of aliphatic hydroxyl groups is 1. The van der Waals surface area contributed by atoms with Gasteiger partial charge in [0.1, 0.15) is 5.76 Å². The number of likely N-dealkylation sites (N-methyl/N-ethyl adjacent to an activating group) is 1. The number of rotatable bonds is 7. The van der Waals surface area contributed by atoms with Crippen LogP contribution in [0, 0.1) is 0 Å². The summed E-state index contributed by atoms with van der Waals surface area (Å²) in [5.74, 6) is -1.06. The maximum absolute atomic E-state index is 12.9. The minimum Gasteiger partial charge on any atom is -0.493 e. The second kappa shape index (κ2) is 8.94. The molecule has 2 aliphatic carbocycles. The summed E-state index contributed by atoms with van der Waals surface area (Å²) in [6, 6.07) is 3.83. The molecule has 5 aliphatic rings. The molecule has 1 aromatic rings. The van der Waals surface area contributed by atoms with Crippen LogP contribution in [0.25, 0.3) is 0 Å². The minimum absolute atomic E-state index is 0.0295. The number of esters is 2. The Morgan fingerprint density at radius 3 is 2.79 bits per heavy atom. The molecule has 39 heavy (non-hydrogen) atoms. The summed E-state index contributed by atoms with van der Waals surface area (Å²) < 4.78 is 28.4. The van der Waals surface area contributed by atoms with Gasteiger partial charge in [0.15, 0.2) is 23.7 Å². The number of nitrogens with one attached hydrogen (secondary N) is 1. The van der Waals surface area contributed by atoms with Crippen molar-refractivity contribution in [2.24, 2.45) is 0 Å². The zero-order valence-corrected chi connectivity index (χ0v) is 22.6. The number of cyclic esters (lactones) is 1. The summed E-state index contributed by atoms with van der Waals surface area (Å²) in [4.78, 5) is 39.2. The Balaban J connectivity index is 1.15. The topological polar surface area (TPSA) is 133 Å². The van der Waals surface area contributed by atoms with Crippen molar-refractivity contribution in [1.82, 2.24) is 10.2 Å². The molecule has 6 rings (SSSR count). The van der Waals surface area contributed by atoms with E-state index in [1.165, 1.54) is 0 Å². The Morgan fingerprint density at radius 1 is 1.28 bits per heavy atom. The molecule has 2 bridgehead atoms. The highest BCUT2D eigenvalue weighted by Gasteiger charge is 2.72. The Hall–Kier alpha value is -3.15. The van der Waals surface area contributed by atoms with Gasteiger partial charge in [0, 0.05) is 38.4 Å². The highest BCUT2D eigenvalue weighted by Crippen LogP contribution is 2.65. The van der Waals surface area contributed by atoms with E-state index in [2.05, 4.69) is 10.2 Å². The number of amides is 1. The fourth-order valence-electron chi connectivity index (χ4n) is 7.16. The maximum atomic E-state index is 12.9. The minimum atomic E-state index is -1.09. The summed E-state index contributed by atoms with van der Waals surface area (Å²) in [5, 5.41) is 14.9. The Kier molecular flexibility index (Phi) is 5.98. The largest absolute Gasteiger partial charge is 0.493 e. The van der Waals surface area contributed by atoms with Crippen LogP contribution >= 0.6 is 0 Å². The van der Waals surface area contributed by atoms with Gasteiger partial charge >= 0.3 is 11.9 Å². The van der Waals surface area contributed by atoms with Crippen molar-refractivity contribution >= 4 is 17.8 Å². The quantitative estimate of drug-likeness (QED) is 0.483. The van der Waals surface area contributed by atoms with Crippen LogP contribution in [0.4, 0.5) is 0 Å². The van der Waals surface area contributed by atoms with E-state index < -0.39 is 46.9 Å². The molecule has 3 aliphatic heterocycles. The standard InChI is InChI=1S/C28H34N2O9/c1-26(2)38-18(25(33)39-26)14-20(31)29-11-8-21(32)36-17-7-9-28(34)19-13-15-5-6-16(35-4)23-22(15)27(28,24(17)37-23)10-12-30(19)3/h5-7,18-19,24,34H,8-14H2,1-4H3,(H,29,31). The van der Waals surface area contributed by atoms with Gasteiger partial charge in [-0.15, -0.1) is 0 Å². The fraction of sp³-hybridized carbons (Fsp3) is 0.607. The van der Waals surface area contributed by atoms with Gasteiger partial charge in [-0.25, -0.2) is 4.79 Å². The van der Waals surface area contributed by atoms with E-state index in [0.29, 0.717) is 36.5 Å². The summed E-state index contributed by atoms with van der Waals surface area (Å²) >= 11 is 0. The molecule has 1 aromatic carbocycles. The Bertz CT molecular complexity index is 1280. The molecule has 2 fully saturated rings. The average Bonchev–Trinajstić information content (AvgIpc) is 3.35. The van der Waals surface area contributed by atoms with Gasteiger partial charge in [-0.1, -0.05) is 6.07 Å². The van der Waals surface area contributed by atoms with Gasteiger partial charge < -0.3 is 39.0 Å². The monoisotopic (exact) mass is 542 g/mol. The molecule has 11 heteroatoms. The van der Waals surface area contributed by atoms with E-state index in [1.807, 2.05) is 19.2 Å². The van der Waals surface area contributed by atoms with Crippen molar-refractivity contribution in [1.29, 1.82) is 0 Å². The van der Waals surface area contributed by atoms with Gasteiger partial charge in [-0.05, 0) is 44.1 Å². The van der Waals surface area contributed by atoms with E-state index in [-0.39, 0.29) is 25.4 Å². The normalized spacial score (nSPS) is 33.4. The molecule has 3 heterocycles. The number of piperidine rings is 1. The van der Waals surface area contributed by atoms with Crippen molar-refractivity contribution in [2.45, 2.75) is 81.0 Å². The summed E-state index contributed by atoms with van der Waals surface area (Å²) in [5.41, 5.74) is 0.230. The summed E-state index contributed by atoms with van der Waals surface area (Å²) in [7, 11) is 3.62. The molecular formula is C28H34N2O9. The number of carbonyl (C=O) groups is 3. The first-order valence-electron chi connectivity index (χ1n) is 13.4. The van der Waals surface area contributed by atoms with Crippen LogP contribution in [-0.2, 0) is 40.4 Å². The smallest absolute Gasteiger partial charge is 0.338 e. The van der Waals surface area contributed by atoms with E-state index in [1.54, 1.807) is 27.0 Å². The Morgan fingerprint density at radius 2 is 2.08 bits per heavy atom. The lowest BCUT2D eigenvalue weighted by Gasteiger charge is -2.61. The SMILES string of the molecule is COc1ccc2c3c1OC1C(OC(=O)CCNC(=O)CC4OC(C)(C)OC4=O)=CCC4(O)C(C2)N(C)CCC314. The lowest BCUT2D eigenvalue weighted by molar-refractivity contribution is -0.169. The summed E-state index contributed by atoms with van der Waals surface area (Å²) in [6.45, 7) is 4.00. The van der Waals surface area contributed by atoms with Crippen LogP contribution in [-0.4, -0.2) is 84.7 Å². The van der Waals surface area contributed by atoms with Crippen LogP contribution in [0.15, 0.2) is 24.0 Å². The molecule has 2 N–H and O–H groups in total. The van der Waals surface area contributed by atoms with Gasteiger partial charge in [-0.3, -0.25) is 9.59 Å². The van der Waals surface area contributed by atoms with Gasteiger partial charge in [0.25, 0.3) is 0 Å². The molecule has 1 amide bonds. The van der Waals surface area contributed by atoms with Crippen molar-refractivity contribution in [2.75, 3.05) is 27.2 Å². The van der Waals surface area contributed by atoms with E-state index in [0.717, 1.165) is 17.7 Å². The second-order valence-electron chi connectivity index (χ2n) is 11.5. The third-order valence-corrected chi connectivity index (χ3v) is 8.85. The molecular weight excluding hydrogens is 508 g/mol. The number of benzene rings is 1. The van der Waals surface area contributed by atoms with Crippen molar-refractivity contribution in [3.63, 3.8) is 0 Å². The third kappa shape index (κ3) is 3.85. The van der Waals surface area contributed by atoms with E-state index in [9.17, 15) is 19.5 Å². The number of hydrogen-bond donors (Lipinski definition) is 2. The fourth-order valence-corrected chi connectivity index (χ4v) is 7.16. The molecule has 1 spiro atoms. The maximum Gasteiger partial charge on any atom is 0.338 e. The zero-order valence-electron chi connectivity index (χ0n) is 22.6. The lowest BCUT2D eigenvalue weighted by Crippen LogP contribution is -2.74. The molecule has 0 aromatic heterocycles. The molecule has 5 unspecified atom stereocenters. The molecule has 0 saturated carbocycles. The van der Waals surface area contributed by atoms with Crippen LogP contribution in [0.2, 0.25) is 0 Å². The highest BCUT2D eigenvalue weighted by atomic mass is 16.8. The van der Waals surface area contributed by atoms with Crippen LogP contribution < -0.4 is 14.8 Å². The van der Waals surface area contributed by atoms with Gasteiger partial charge in [0.05, 0.1) is 31.0 Å². The number of likely N-dealkylation sites (tertiary alicyclic amines) is 1. The molecule has 2 saturated heterocycles. The molecule has 5 atom stereocenters. The number of nitrogens with zero attached hydrogens (tertiary/aromatic N) is 1. The van der Waals surface area contributed by atoms with Crippen molar-refractivity contribution < 1.29 is 43.2 Å². The van der Waals surface area contributed by atoms with Gasteiger partial charge in [0.2, 0.25) is 11.7 Å². The first kappa shape index (κ1) is 26.1. The van der Waals surface area contributed by atoms with Gasteiger partial charge in [-0.2, -0.15) is 0 Å². The molecule has 0 radical (unpaired) electrons. The van der Waals surface area contributed by atoms with Crippen molar-refractivity contribution in [3.05, 3.63) is 35.1 Å². The van der Waals surface area contributed by atoms with E-state index >= 15 is 0 Å². The Labute approximate surface area is 226 Å². The van der Waals surface area contributed by atoms with Crippen molar-refractivity contribution in [3.8, 4) is 11.5 Å². The zero-order chi connectivity index (χ0) is 27.7. The lowest BCUT2D eigenvalue weighted by atomic mass is 9.50. The predicted molar refractivity (Wildman–Crippen MR) is 135 cm³/mol. The third-order valence-electron chi connectivity index (χ3n) is 8.85. The number of ether oxygens (including phenoxy) is 5. The first-order chi connectivity index (χ1) is 18.5. The highest BCUT2D eigenvalue weighted by molar-refractivity contribution is 5.85. The average molecular weight is 543 g/mol. The van der Waals surface area contributed by atoms with Crippen LogP contribution in [0.5, 0.6) is 11.5 Å². The second-order valence-corrected chi connectivity index (χ2v) is 11.5. The van der Waals surface area contributed by atoms with Crippen LogP contribution in [0.3, 0.4) is 0 Å². The molecule has 11 nitrogen and oxygen atoms in total. The number of methoxy groups -OCH3 is 1. The predicted octanol–water partition coefficient (Wildman–Crippen LogP) is 1.09. The first-order valence-corrected chi connectivity index (χ1v) is 13.4. The number of carbonyl (C=O) groups excluding carboxylic acids is 3. The number of hydrogen-bond acceptors (Lipinski definition) is 10.